The Balaban J connectivity index is 2.13. The van der Waals surface area contributed by atoms with Crippen molar-refractivity contribution in [3.63, 3.8) is 0 Å². The lowest BCUT2D eigenvalue weighted by atomic mass is 10.1. The predicted octanol–water partition coefficient (Wildman–Crippen LogP) is 3.19. The molecule has 1 heterocycles. The molecular formula is C15H26O3. The van der Waals surface area contributed by atoms with E-state index in [4.69, 9.17) is 14.6 Å². The summed E-state index contributed by atoms with van der Waals surface area (Å²) in [4.78, 5) is 0. The van der Waals surface area contributed by atoms with Gasteiger partial charge in [-0.2, -0.15) is 0 Å². The van der Waals surface area contributed by atoms with Gasteiger partial charge in [0.1, 0.15) is 0 Å². The zero-order valence-electron chi connectivity index (χ0n) is 11.7. The number of rotatable bonds is 7. The molecular weight excluding hydrogens is 228 g/mol. The predicted molar refractivity (Wildman–Crippen MR) is 73.4 cm³/mol. The lowest BCUT2D eigenvalue weighted by molar-refractivity contribution is -0.156. The first-order valence-corrected chi connectivity index (χ1v) is 6.87. The van der Waals surface area contributed by atoms with Gasteiger partial charge >= 0.3 is 0 Å². The van der Waals surface area contributed by atoms with Crippen molar-refractivity contribution in [2.24, 2.45) is 0 Å². The van der Waals surface area contributed by atoms with Crippen molar-refractivity contribution < 1.29 is 14.6 Å². The molecule has 3 nitrogen and oxygen atoms in total. The smallest absolute Gasteiger partial charge is 0.158 e. The van der Waals surface area contributed by atoms with Crippen LogP contribution in [0.4, 0.5) is 0 Å². The normalized spacial score (nSPS) is 22.3. The van der Waals surface area contributed by atoms with Crippen LogP contribution < -0.4 is 0 Å². The van der Waals surface area contributed by atoms with Gasteiger partial charge in [-0.05, 0) is 46.0 Å². The number of hydrogen-bond donors (Lipinski definition) is 1. The molecule has 0 saturated carbocycles. The highest BCUT2D eigenvalue weighted by atomic mass is 16.7. The first-order valence-electron chi connectivity index (χ1n) is 6.87. The van der Waals surface area contributed by atoms with Crippen molar-refractivity contribution in [3.8, 4) is 0 Å². The highest BCUT2D eigenvalue weighted by Gasteiger charge is 2.13. The first kappa shape index (κ1) is 15.4. The van der Waals surface area contributed by atoms with Gasteiger partial charge in [-0.1, -0.05) is 23.3 Å². The van der Waals surface area contributed by atoms with E-state index in [1.165, 1.54) is 12.0 Å². The Morgan fingerprint density at radius 1 is 1.22 bits per heavy atom. The highest BCUT2D eigenvalue weighted by Crippen LogP contribution is 2.14. The average Bonchev–Trinajstić information content (AvgIpc) is 2.42. The maximum atomic E-state index is 8.85. The number of ether oxygens (including phenoxy) is 2. The Labute approximate surface area is 110 Å². The summed E-state index contributed by atoms with van der Waals surface area (Å²) in [6, 6.07) is 0. The second-order valence-electron chi connectivity index (χ2n) is 4.94. The van der Waals surface area contributed by atoms with Crippen LogP contribution in [0.3, 0.4) is 0 Å². The van der Waals surface area contributed by atoms with E-state index in [-0.39, 0.29) is 12.9 Å². The number of aliphatic hydroxyl groups is 1. The number of hydrogen-bond acceptors (Lipinski definition) is 3. The highest BCUT2D eigenvalue weighted by molar-refractivity contribution is 5.02. The van der Waals surface area contributed by atoms with Crippen molar-refractivity contribution in [1.82, 2.24) is 0 Å². The van der Waals surface area contributed by atoms with Crippen LogP contribution in [0.25, 0.3) is 0 Å². The minimum atomic E-state index is -0.00127. The van der Waals surface area contributed by atoms with Crippen molar-refractivity contribution in [2.75, 3.05) is 19.8 Å². The van der Waals surface area contributed by atoms with Gasteiger partial charge < -0.3 is 14.6 Å². The Hall–Kier alpha value is -0.640. The van der Waals surface area contributed by atoms with E-state index in [9.17, 15) is 0 Å². The van der Waals surface area contributed by atoms with Gasteiger partial charge in [0.15, 0.2) is 6.29 Å². The van der Waals surface area contributed by atoms with Crippen molar-refractivity contribution in [1.29, 1.82) is 0 Å². The zero-order chi connectivity index (χ0) is 13.2. The molecule has 0 radical (unpaired) electrons. The second kappa shape index (κ2) is 9.31. The zero-order valence-corrected chi connectivity index (χ0v) is 11.7. The molecule has 104 valence electrons. The minimum Gasteiger partial charge on any atom is -0.392 e. The van der Waals surface area contributed by atoms with E-state index >= 15 is 0 Å². The number of allylic oxidation sites excluding steroid dienone is 2. The fourth-order valence-electron chi connectivity index (χ4n) is 1.85. The van der Waals surface area contributed by atoms with Crippen LogP contribution in [0.5, 0.6) is 0 Å². The molecule has 1 aliphatic rings. The maximum absolute atomic E-state index is 8.85. The fourth-order valence-corrected chi connectivity index (χ4v) is 1.85. The van der Waals surface area contributed by atoms with Crippen LogP contribution in [0.15, 0.2) is 23.3 Å². The van der Waals surface area contributed by atoms with Crippen LogP contribution in [-0.4, -0.2) is 31.2 Å². The van der Waals surface area contributed by atoms with Gasteiger partial charge in [-0.15, -0.1) is 0 Å². The first-order chi connectivity index (χ1) is 8.72. The summed E-state index contributed by atoms with van der Waals surface area (Å²) in [6.45, 7) is 5.68. The molecule has 0 aromatic carbocycles. The van der Waals surface area contributed by atoms with E-state index in [1.54, 1.807) is 0 Å². The van der Waals surface area contributed by atoms with Crippen LogP contribution in [0, 0.1) is 0 Å². The van der Waals surface area contributed by atoms with E-state index in [0.29, 0.717) is 6.61 Å². The number of unbranched alkanes of at least 4 members (excludes halogenated alkanes) is 1. The van der Waals surface area contributed by atoms with E-state index in [2.05, 4.69) is 19.1 Å². The van der Waals surface area contributed by atoms with Gasteiger partial charge in [0, 0.05) is 6.61 Å². The van der Waals surface area contributed by atoms with E-state index < -0.39 is 0 Å². The molecule has 0 aromatic heterocycles. The molecule has 0 amide bonds. The molecule has 1 fully saturated rings. The summed E-state index contributed by atoms with van der Waals surface area (Å²) in [5, 5.41) is 8.85. The molecule has 3 heteroatoms. The molecule has 1 N–H and O–H groups in total. The maximum Gasteiger partial charge on any atom is 0.158 e. The van der Waals surface area contributed by atoms with Crippen LogP contribution in [0.1, 0.15) is 46.0 Å². The Kier molecular flexibility index (Phi) is 7.98. The topological polar surface area (TPSA) is 38.7 Å². The monoisotopic (exact) mass is 254 g/mol. The third kappa shape index (κ3) is 6.94. The van der Waals surface area contributed by atoms with E-state index in [1.807, 2.05) is 6.92 Å². The van der Waals surface area contributed by atoms with Crippen LogP contribution in [-0.2, 0) is 9.47 Å². The summed E-state index contributed by atoms with van der Waals surface area (Å²) in [5.41, 5.74) is 2.28. The summed E-state index contributed by atoms with van der Waals surface area (Å²) < 4.78 is 11.2. The largest absolute Gasteiger partial charge is 0.392 e. The summed E-state index contributed by atoms with van der Waals surface area (Å²) in [5.74, 6) is 0. The Bertz CT molecular complexity index is 275. The third-order valence-corrected chi connectivity index (χ3v) is 3.04. The van der Waals surface area contributed by atoms with Gasteiger partial charge in [-0.25, -0.2) is 0 Å². The lowest BCUT2D eigenvalue weighted by Crippen LogP contribution is -2.22. The molecule has 1 atom stereocenters. The molecule has 18 heavy (non-hydrogen) atoms. The second-order valence-corrected chi connectivity index (χ2v) is 4.94. The van der Waals surface area contributed by atoms with Crippen molar-refractivity contribution in [2.45, 2.75) is 52.2 Å². The van der Waals surface area contributed by atoms with Crippen molar-refractivity contribution in [3.05, 3.63) is 23.3 Å². The van der Waals surface area contributed by atoms with Crippen LogP contribution in [0.2, 0.25) is 0 Å². The van der Waals surface area contributed by atoms with Gasteiger partial charge in [0.25, 0.3) is 0 Å². The number of aliphatic hydroxyl groups excluding tert-OH is 1. The van der Waals surface area contributed by atoms with Gasteiger partial charge in [-0.3, -0.25) is 0 Å². The van der Waals surface area contributed by atoms with E-state index in [0.717, 1.165) is 37.9 Å². The standard InChI is InChI=1S/C15H26O3/c1-13(11-16)7-3-4-8-14(2)12-18-15-9-5-6-10-17-15/h7-8,15-16H,3-6,9-12H2,1-2H3/b13-7+,14-8+. The molecule has 0 aromatic rings. The average molecular weight is 254 g/mol. The van der Waals surface area contributed by atoms with Gasteiger partial charge in [0.2, 0.25) is 0 Å². The molecule has 0 bridgehead atoms. The molecule has 1 saturated heterocycles. The quantitative estimate of drug-likeness (QED) is 0.560. The van der Waals surface area contributed by atoms with Crippen LogP contribution >= 0.6 is 0 Å². The fraction of sp³-hybridized carbons (Fsp3) is 0.733. The Morgan fingerprint density at radius 3 is 2.56 bits per heavy atom. The molecule has 0 aliphatic carbocycles. The Morgan fingerprint density at radius 2 is 1.94 bits per heavy atom. The van der Waals surface area contributed by atoms with Crippen molar-refractivity contribution >= 4 is 0 Å². The molecule has 1 aliphatic heterocycles. The summed E-state index contributed by atoms with van der Waals surface area (Å²) >= 11 is 0. The van der Waals surface area contributed by atoms with Gasteiger partial charge in [0.05, 0.1) is 13.2 Å². The lowest BCUT2D eigenvalue weighted by Gasteiger charge is -2.22. The molecule has 1 unspecified atom stereocenters. The third-order valence-electron chi connectivity index (χ3n) is 3.04. The summed E-state index contributed by atoms with van der Waals surface area (Å²) in [7, 11) is 0. The molecule has 1 rings (SSSR count). The molecule has 0 spiro atoms. The summed E-state index contributed by atoms with van der Waals surface area (Å²) in [6.07, 6.45) is 9.63. The minimum absolute atomic E-state index is 0.00127. The SMILES string of the molecule is C/C(=C\CC/C=C(\C)COC1CCCCO1)CO.